The fourth-order valence-electron chi connectivity index (χ4n) is 2.10. The molecule has 5 heteroatoms. The van der Waals surface area contributed by atoms with Crippen molar-refractivity contribution in [1.82, 2.24) is 9.97 Å². The summed E-state index contributed by atoms with van der Waals surface area (Å²) in [4.78, 5) is 10.7. The molecule has 1 aliphatic heterocycles. The first-order valence-electron chi connectivity index (χ1n) is 6.15. The lowest BCUT2D eigenvalue weighted by Crippen LogP contribution is -2.38. The van der Waals surface area contributed by atoms with Gasteiger partial charge in [0.2, 0.25) is 0 Å². The molecule has 17 heavy (non-hydrogen) atoms. The fourth-order valence-corrected chi connectivity index (χ4v) is 2.10. The van der Waals surface area contributed by atoms with E-state index in [-0.39, 0.29) is 0 Å². The molecule has 0 saturated carbocycles. The Kier molecular flexibility index (Phi) is 4.28. The van der Waals surface area contributed by atoms with Gasteiger partial charge in [-0.3, -0.25) is 0 Å². The van der Waals surface area contributed by atoms with Crippen molar-refractivity contribution < 1.29 is 4.74 Å². The summed E-state index contributed by atoms with van der Waals surface area (Å²) in [7, 11) is 0. The minimum Gasteiger partial charge on any atom is -0.377 e. The van der Waals surface area contributed by atoms with E-state index >= 15 is 0 Å². The smallest absolute Gasteiger partial charge is 0.132 e. The Morgan fingerprint density at radius 2 is 2.18 bits per heavy atom. The molecule has 0 radical (unpaired) electrons. The second-order valence-corrected chi connectivity index (χ2v) is 4.36. The Bertz CT molecular complexity index is 350. The molecule has 1 aromatic rings. The van der Waals surface area contributed by atoms with E-state index in [4.69, 9.17) is 10.5 Å². The van der Waals surface area contributed by atoms with Crippen molar-refractivity contribution in [3.05, 3.63) is 18.1 Å². The molecule has 1 aliphatic rings. The lowest BCUT2D eigenvalue weighted by Gasteiger charge is -2.32. The molecule has 0 aromatic carbocycles. The van der Waals surface area contributed by atoms with Crippen LogP contribution in [-0.2, 0) is 4.74 Å². The van der Waals surface area contributed by atoms with Crippen LogP contribution < -0.4 is 10.6 Å². The predicted molar refractivity (Wildman–Crippen MR) is 67.0 cm³/mol. The van der Waals surface area contributed by atoms with Crippen LogP contribution in [0.15, 0.2) is 12.4 Å². The van der Waals surface area contributed by atoms with Crippen LogP contribution >= 0.6 is 0 Å². The van der Waals surface area contributed by atoms with Gasteiger partial charge < -0.3 is 15.4 Å². The zero-order valence-electron chi connectivity index (χ0n) is 10.3. The van der Waals surface area contributed by atoms with Gasteiger partial charge in [0.15, 0.2) is 0 Å². The molecule has 0 bridgehead atoms. The van der Waals surface area contributed by atoms with E-state index in [1.54, 1.807) is 6.33 Å². The summed E-state index contributed by atoms with van der Waals surface area (Å²) in [5.74, 6) is 1.02. The molecule has 0 amide bonds. The first-order chi connectivity index (χ1) is 8.29. The van der Waals surface area contributed by atoms with E-state index in [1.165, 1.54) is 0 Å². The van der Waals surface area contributed by atoms with Gasteiger partial charge >= 0.3 is 0 Å². The normalized spacial score (nSPS) is 17.4. The number of hydrogen-bond donors (Lipinski definition) is 1. The highest BCUT2D eigenvalue weighted by Crippen LogP contribution is 2.19. The largest absolute Gasteiger partial charge is 0.377 e. The number of rotatable bonds is 4. The van der Waals surface area contributed by atoms with Crippen LogP contribution in [0.2, 0.25) is 0 Å². The number of anilines is 1. The van der Waals surface area contributed by atoms with E-state index < -0.39 is 0 Å². The van der Waals surface area contributed by atoms with Gasteiger partial charge in [-0.05, 0) is 19.8 Å². The maximum absolute atomic E-state index is 5.66. The van der Waals surface area contributed by atoms with Crippen molar-refractivity contribution in [3.8, 4) is 0 Å². The molecular formula is C12H20N4O. The molecule has 2 heterocycles. The first kappa shape index (κ1) is 12.3. The molecule has 0 unspecified atom stereocenters. The van der Waals surface area contributed by atoms with Gasteiger partial charge in [0.1, 0.15) is 12.1 Å². The minimum absolute atomic E-state index is 0.359. The van der Waals surface area contributed by atoms with E-state index in [2.05, 4.69) is 14.9 Å². The molecule has 5 nitrogen and oxygen atoms in total. The highest BCUT2D eigenvalue weighted by atomic mass is 16.5. The van der Waals surface area contributed by atoms with Crippen molar-refractivity contribution in [2.45, 2.75) is 25.9 Å². The highest BCUT2D eigenvalue weighted by molar-refractivity contribution is 5.39. The van der Waals surface area contributed by atoms with E-state index in [1.807, 2.05) is 13.0 Å². The molecule has 0 aliphatic carbocycles. The van der Waals surface area contributed by atoms with Crippen molar-refractivity contribution >= 4 is 5.82 Å². The average Bonchev–Trinajstić information content (AvgIpc) is 2.37. The minimum atomic E-state index is 0.359. The SMILES string of the molecule is Cc1cc(N2CCC(OCCN)CC2)ncn1. The Morgan fingerprint density at radius 3 is 2.82 bits per heavy atom. The standard InChI is InChI=1S/C12H20N4O/c1-10-8-12(15-9-14-10)16-5-2-11(3-6-16)17-7-4-13/h8-9,11H,2-7,13H2,1H3. The van der Waals surface area contributed by atoms with Crippen LogP contribution in [0.5, 0.6) is 0 Å². The Hall–Kier alpha value is -1.20. The average molecular weight is 236 g/mol. The van der Waals surface area contributed by atoms with Gasteiger partial charge in [-0.2, -0.15) is 0 Å². The van der Waals surface area contributed by atoms with Crippen molar-refractivity contribution in [1.29, 1.82) is 0 Å². The van der Waals surface area contributed by atoms with Gasteiger partial charge in [0, 0.05) is 31.4 Å². The second kappa shape index (κ2) is 5.93. The number of nitrogens with two attached hydrogens (primary N) is 1. The van der Waals surface area contributed by atoms with Crippen molar-refractivity contribution in [3.63, 3.8) is 0 Å². The zero-order chi connectivity index (χ0) is 12.1. The molecule has 2 rings (SSSR count). The maximum atomic E-state index is 5.66. The van der Waals surface area contributed by atoms with Crippen molar-refractivity contribution in [2.24, 2.45) is 5.73 Å². The third kappa shape index (κ3) is 3.38. The van der Waals surface area contributed by atoms with Crippen LogP contribution in [0.4, 0.5) is 5.82 Å². The number of aromatic nitrogens is 2. The van der Waals surface area contributed by atoms with E-state index in [0.717, 1.165) is 37.4 Å². The highest BCUT2D eigenvalue weighted by Gasteiger charge is 2.20. The molecule has 0 spiro atoms. The summed E-state index contributed by atoms with van der Waals surface area (Å²) in [6, 6.07) is 2.03. The van der Waals surface area contributed by atoms with Gasteiger partial charge in [0.25, 0.3) is 0 Å². The lowest BCUT2D eigenvalue weighted by atomic mass is 10.1. The quantitative estimate of drug-likeness (QED) is 0.835. The number of aryl methyl sites for hydroxylation is 1. The molecule has 1 fully saturated rings. The first-order valence-corrected chi connectivity index (χ1v) is 6.15. The number of piperidine rings is 1. The van der Waals surface area contributed by atoms with Gasteiger partial charge in [0.05, 0.1) is 12.7 Å². The monoisotopic (exact) mass is 236 g/mol. The van der Waals surface area contributed by atoms with Gasteiger partial charge in [-0.1, -0.05) is 0 Å². The Labute approximate surface area is 102 Å². The van der Waals surface area contributed by atoms with Crippen LogP contribution in [0.25, 0.3) is 0 Å². The summed E-state index contributed by atoms with van der Waals surface area (Å²) in [6.45, 7) is 5.24. The molecule has 0 atom stereocenters. The topological polar surface area (TPSA) is 64.3 Å². The number of ether oxygens (including phenoxy) is 1. The summed E-state index contributed by atoms with van der Waals surface area (Å²) in [5, 5.41) is 0. The summed E-state index contributed by atoms with van der Waals surface area (Å²) < 4.78 is 5.66. The van der Waals surface area contributed by atoms with Crippen LogP contribution in [0.3, 0.4) is 0 Å². The van der Waals surface area contributed by atoms with E-state index in [0.29, 0.717) is 19.3 Å². The summed E-state index contributed by atoms with van der Waals surface area (Å²) in [5.41, 5.74) is 6.44. The van der Waals surface area contributed by atoms with Crippen LogP contribution in [0, 0.1) is 6.92 Å². The molecule has 1 aromatic heterocycles. The summed E-state index contributed by atoms with van der Waals surface area (Å²) in [6.07, 6.45) is 4.08. The van der Waals surface area contributed by atoms with Crippen LogP contribution in [0.1, 0.15) is 18.5 Å². The third-order valence-corrected chi connectivity index (χ3v) is 3.03. The fraction of sp³-hybridized carbons (Fsp3) is 0.667. The number of hydrogen-bond acceptors (Lipinski definition) is 5. The van der Waals surface area contributed by atoms with Crippen molar-refractivity contribution in [2.75, 3.05) is 31.1 Å². The maximum Gasteiger partial charge on any atom is 0.132 e. The molecular weight excluding hydrogens is 216 g/mol. The zero-order valence-corrected chi connectivity index (χ0v) is 10.3. The molecule has 1 saturated heterocycles. The molecule has 2 N–H and O–H groups in total. The summed E-state index contributed by atoms with van der Waals surface area (Å²) >= 11 is 0. The Morgan fingerprint density at radius 1 is 1.41 bits per heavy atom. The van der Waals surface area contributed by atoms with Gasteiger partial charge in [-0.15, -0.1) is 0 Å². The number of nitrogens with zero attached hydrogens (tertiary/aromatic N) is 3. The second-order valence-electron chi connectivity index (χ2n) is 4.36. The molecule has 94 valence electrons. The van der Waals surface area contributed by atoms with Gasteiger partial charge in [-0.25, -0.2) is 9.97 Å². The predicted octanol–water partition coefficient (Wildman–Crippen LogP) is 0.729. The van der Waals surface area contributed by atoms with E-state index in [9.17, 15) is 0 Å². The Balaban J connectivity index is 1.86. The third-order valence-electron chi connectivity index (χ3n) is 3.03. The lowest BCUT2D eigenvalue weighted by molar-refractivity contribution is 0.0421. The van der Waals surface area contributed by atoms with Crippen LogP contribution in [-0.4, -0.2) is 42.3 Å².